The topological polar surface area (TPSA) is 38.5 Å². The maximum absolute atomic E-state index is 6.86. The Bertz CT molecular complexity index is 330. The molecule has 2 heterocycles. The van der Waals surface area contributed by atoms with Gasteiger partial charge in [-0.1, -0.05) is 13.8 Å². The molecule has 0 aromatic heterocycles. The highest BCUT2D eigenvalue weighted by Crippen LogP contribution is 2.57. The third-order valence-corrected chi connectivity index (χ3v) is 6.05. The summed E-state index contributed by atoms with van der Waals surface area (Å²) in [7, 11) is 0. The lowest BCUT2D eigenvalue weighted by molar-refractivity contribution is -0.232. The molecule has 3 nitrogen and oxygen atoms in total. The molecule has 4 unspecified atom stereocenters. The van der Waals surface area contributed by atoms with Crippen LogP contribution in [0, 0.1) is 11.3 Å². The van der Waals surface area contributed by atoms with Gasteiger partial charge in [0.05, 0.1) is 6.10 Å². The zero-order valence-electron chi connectivity index (χ0n) is 12.1. The molecule has 0 amide bonds. The molecule has 3 rings (SSSR count). The number of rotatable bonds is 2. The van der Waals surface area contributed by atoms with Crippen molar-refractivity contribution in [3.05, 3.63) is 0 Å². The number of nitrogens with two attached hydrogens (primary N) is 1. The van der Waals surface area contributed by atoms with E-state index in [0.29, 0.717) is 18.1 Å². The number of nitrogens with zero attached hydrogens (tertiary/aromatic N) is 1. The summed E-state index contributed by atoms with van der Waals surface area (Å²) in [6.45, 7) is 10.2. The molecule has 104 valence electrons. The summed E-state index contributed by atoms with van der Waals surface area (Å²) in [4.78, 5) is 2.60. The fourth-order valence-corrected chi connectivity index (χ4v) is 4.55. The zero-order valence-corrected chi connectivity index (χ0v) is 12.1. The van der Waals surface area contributed by atoms with Gasteiger partial charge in [0, 0.05) is 36.1 Å². The van der Waals surface area contributed by atoms with Gasteiger partial charge in [0.15, 0.2) is 0 Å². The molecule has 2 aliphatic heterocycles. The normalized spacial score (nSPS) is 47.7. The molecule has 0 spiro atoms. The largest absolute Gasteiger partial charge is 0.377 e. The van der Waals surface area contributed by atoms with Crippen molar-refractivity contribution in [2.45, 2.75) is 64.1 Å². The van der Waals surface area contributed by atoms with Crippen molar-refractivity contribution >= 4 is 0 Å². The third kappa shape index (κ3) is 1.60. The van der Waals surface area contributed by atoms with E-state index in [1.54, 1.807) is 0 Å². The van der Waals surface area contributed by atoms with Gasteiger partial charge in [0.2, 0.25) is 0 Å². The zero-order chi connectivity index (χ0) is 13.0. The molecule has 3 heteroatoms. The first-order valence-corrected chi connectivity index (χ1v) is 7.61. The fraction of sp³-hybridized carbons (Fsp3) is 1.00. The summed E-state index contributed by atoms with van der Waals surface area (Å²) in [6, 6.07) is 0.713. The predicted molar refractivity (Wildman–Crippen MR) is 73.4 cm³/mol. The number of hydrogen-bond acceptors (Lipinski definition) is 3. The second-order valence-corrected chi connectivity index (χ2v) is 7.26. The number of ether oxygens (including phenoxy) is 1. The van der Waals surface area contributed by atoms with Crippen molar-refractivity contribution in [2.24, 2.45) is 17.1 Å². The van der Waals surface area contributed by atoms with Gasteiger partial charge in [-0.3, -0.25) is 4.90 Å². The molecule has 0 bridgehead atoms. The van der Waals surface area contributed by atoms with E-state index in [-0.39, 0.29) is 11.0 Å². The van der Waals surface area contributed by atoms with Crippen molar-refractivity contribution in [3.63, 3.8) is 0 Å². The molecule has 3 fully saturated rings. The Hall–Kier alpha value is -0.120. The fourth-order valence-electron chi connectivity index (χ4n) is 4.55. The van der Waals surface area contributed by atoms with Gasteiger partial charge in [-0.2, -0.15) is 0 Å². The summed E-state index contributed by atoms with van der Waals surface area (Å²) >= 11 is 0. The van der Waals surface area contributed by atoms with E-state index in [2.05, 4.69) is 25.7 Å². The standard InChI is InChI=1S/C15H28N2O/c1-11-6-4-8-17(11)10-15(16)12-7-5-9-18-13(12)14(15,2)3/h11-13H,4-10,16H2,1-3H3. The minimum absolute atomic E-state index is 0.0450. The summed E-state index contributed by atoms with van der Waals surface area (Å²) in [5, 5.41) is 0. The highest BCUT2D eigenvalue weighted by Gasteiger charge is 2.66. The molecule has 4 atom stereocenters. The predicted octanol–water partition coefficient (Wildman–Crippen LogP) is 2.00. The van der Waals surface area contributed by atoms with Crippen LogP contribution in [-0.4, -0.2) is 42.3 Å². The summed E-state index contributed by atoms with van der Waals surface area (Å²) in [5.41, 5.74) is 6.94. The second kappa shape index (κ2) is 4.19. The molecule has 2 N–H and O–H groups in total. The van der Waals surface area contributed by atoms with Crippen molar-refractivity contribution in [1.29, 1.82) is 0 Å². The summed E-state index contributed by atoms with van der Waals surface area (Å²) < 4.78 is 5.98. The van der Waals surface area contributed by atoms with Crippen LogP contribution in [0.25, 0.3) is 0 Å². The van der Waals surface area contributed by atoms with E-state index in [4.69, 9.17) is 10.5 Å². The van der Waals surface area contributed by atoms with Crippen LogP contribution in [0.5, 0.6) is 0 Å². The van der Waals surface area contributed by atoms with Gasteiger partial charge in [0.25, 0.3) is 0 Å². The monoisotopic (exact) mass is 252 g/mol. The molecular weight excluding hydrogens is 224 g/mol. The van der Waals surface area contributed by atoms with E-state index < -0.39 is 0 Å². The van der Waals surface area contributed by atoms with E-state index >= 15 is 0 Å². The second-order valence-electron chi connectivity index (χ2n) is 7.26. The molecule has 1 saturated carbocycles. The van der Waals surface area contributed by atoms with Gasteiger partial charge < -0.3 is 10.5 Å². The van der Waals surface area contributed by atoms with E-state index in [9.17, 15) is 0 Å². The SMILES string of the molecule is CC1CCCN1CC1(N)C2CCCOC2C1(C)C. The van der Waals surface area contributed by atoms with Gasteiger partial charge in [-0.15, -0.1) is 0 Å². The smallest absolute Gasteiger partial charge is 0.0690 e. The number of likely N-dealkylation sites (tertiary alicyclic amines) is 1. The van der Waals surface area contributed by atoms with E-state index in [0.717, 1.165) is 13.2 Å². The molecule has 3 aliphatic rings. The molecule has 2 saturated heterocycles. The van der Waals surface area contributed by atoms with Crippen LogP contribution >= 0.6 is 0 Å². The summed E-state index contributed by atoms with van der Waals surface area (Å²) in [5.74, 6) is 0.578. The molecule has 0 aromatic rings. The average molecular weight is 252 g/mol. The molecule has 1 aliphatic carbocycles. The third-order valence-electron chi connectivity index (χ3n) is 6.05. The van der Waals surface area contributed by atoms with Crippen molar-refractivity contribution in [2.75, 3.05) is 19.7 Å². The van der Waals surface area contributed by atoms with Crippen LogP contribution in [0.2, 0.25) is 0 Å². The number of hydrogen-bond donors (Lipinski definition) is 1. The first kappa shape index (κ1) is 12.9. The maximum Gasteiger partial charge on any atom is 0.0690 e. The Morgan fingerprint density at radius 3 is 2.72 bits per heavy atom. The minimum Gasteiger partial charge on any atom is -0.377 e. The van der Waals surface area contributed by atoms with E-state index in [1.165, 1.54) is 32.2 Å². The quantitative estimate of drug-likeness (QED) is 0.817. The Morgan fingerprint density at radius 1 is 1.28 bits per heavy atom. The Balaban J connectivity index is 1.76. The number of fused-ring (bicyclic) bond motifs is 1. The molecular formula is C15H28N2O. The first-order chi connectivity index (χ1) is 8.47. The minimum atomic E-state index is -0.0450. The van der Waals surface area contributed by atoms with Crippen LogP contribution in [0.4, 0.5) is 0 Å². The highest BCUT2D eigenvalue weighted by atomic mass is 16.5. The van der Waals surface area contributed by atoms with Crippen molar-refractivity contribution in [3.8, 4) is 0 Å². The van der Waals surface area contributed by atoms with Gasteiger partial charge >= 0.3 is 0 Å². The summed E-state index contributed by atoms with van der Waals surface area (Å²) in [6.07, 6.45) is 5.51. The average Bonchev–Trinajstić information content (AvgIpc) is 2.75. The van der Waals surface area contributed by atoms with Crippen LogP contribution in [-0.2, 0) is 4.74 Å². The van der Waals surface area contributed by atoms with Crippen molar-refractivity contribution < 1.29 is 4.74 Å². The van der Waals surface area contributed by atoms with Crippen LogP contribution in [0.3, 0.4) is 0 Å². The van der Waals surface area contributed by atoms with Crippen LogP contribution < -0.4 is 5.73 Å². The van der Waals surface area contributed by atoms with E-state index in [1.807, 2.05) is 0 Å². The Morgan fingerprint density at radius 2 is 2.06 bits per heavy atom. The Labute approximate surface area is 111 Å². The lowest BCUT2D eigenvalue weighted by Gasteiger charge is -2.67. The molecule has 0 radical (unpaired) electrons. The van der Waals surface area contributed by atoms with Crippen LogP contribution in [0.15, 0.2) is 0 Å². The molecule has 18 heavy (non-hydrogen) atoms. The van der Waals surface area contributed by atoms with Crippen molar-refractivity contribution in [1.82, 2.24) is 4.90 Å². The maximum atomic E-state index is 6.86. The molecule has 0 aromatic carbocycles. The lowest BCUT2D eigenvalue weighted by atomic mass is 9.46. The van der Waals surface area contributed by atoms with Gasteiger partial charge in [-0.05, 0) is 39.2 Å². The first-order valence-electron chi connectivity index (χ1n) is 7.61. The van der Waals surface area contributed by atoms with Gasteiger partial charge in [0.1, 0.15) is 0 Å². The van der Waals surface area contributed by atoms with Crippen LogP contribution in [0.1, 0.15) is 46.5 Å². The lowest BCUT2D eigenvalue weighted by Crippen LogP contribution is -2.80. The van der Waals surface area contributed by atoms with Gasteiger partial charge in [-0.25, -0.2) is 0 Å². The Kier molecular flexibility index (Phi) is 3.00. The highest BCUT2D eigenvalue weighted by molar-refractivity contribution is 5.21.